The fourth-order valence-corrected chi connectivity index (χ4v) is 4.18. The normalized spacial score (nSPS) is 17.2. The van der Waals surface area contributed by atoms with E-state index in [0.29, 0.717) is 24.1 Å². The zero-order valence-corrected chi connectivity index (χ0v) is 17.0. The van der Waals surface area contributed by atoms with Crippen molar-refractivity contribution in [3.8, 4) is 5.75 Å². The van der Waals surface area contributed by atoms with Gasteiger partial charge in [-0.1, -0.05) is 30.0 Å². The predicted octanol–water partition coefficient (Wildman–Crippen LogP) is 3.71. The summed E-state index contributed by atoms with van der Waals surface area (Å²) >= 11 is 1.45. The second kappa shape index (κ2) is 8.39. The fraction of sp³-hybridized carbons (Fsp3) is 0.476. The van der Waals surface area contributed by atoms with Crippen molar-refractivity contribution in [3.63, 3.8) is 0 Å². The number of nitrogens with one attached hydrogen (secondary N) is 1. The molecule has 1 atom stereocenters. The molecule has 2 aliphatic carbocycles. The van der Waals surface area contributed by atoms with Crippen LogP contribution in [0.4, 0.5) is 0 Å². The molecular weight excluding hydrogens is 372 g/mol. The van der Waals surface area contributed by atoms with Gasteiger partial charge in [-0.25, -0.2) is 0 Å². The van der Waals surface area contributed by atoms with Crippen LogP contribution in [0.1, 0.15) is 49.0 Å². The smallest absolute Gasteiger partial charge is 0.230 e. The van der Waals surface area contributed by atoms with Crippen LogP contribution in [0, 0.1) is 5.92 Å². The molecule has 1 unspecified atom stereocenters. The van der Waals surface area contributed by atoms with Crippen molar-refractivity contribution in [2.75, 3.05) is 12.9 Å². The van der Waals surface area contributed by atoms with E-state index in [1.807, 2.05) is 30.3 Å². The van der Waals surface area contributed by atoms with Gasteiger partial charge in [-0.15, -0.1) is 16.8 Å². The average molecular weight is 399 g/mol. The van der Waals surface area contributed by atoms with Crippen molar-refractivity contribution in [1.29, 1.82) is 0 Å². The molecule has 2 saturated carbocycles. The number of aromatic nitrogens is 3. The Morgan fingerprint density at radius 3 is 2.68 bits per heavy atom. The van der Waals surface area contributed by atoms with E-state index >= 15 is 0 Å². The van der Waals surface area contributed by atoms with Gasteiger partial charge < -0.3 is 14.6 Å². The lowest BCUT2D eigenvalue weighted by molar-refractivity contribution is -0.119. The minimum absolute atomic E-state index is 0.0267. The Bertz CT molecular complexity index is 841. The van der Waals surface area contributed by atoms with Gasteiger partial charge in [0, 0.05) is 12.5 Å². The van der Waals surface area contributed by atoms with Crippen molar-refractivity contribution >= 4 is 17.7 Å². The van der Waals surface area contributed by atoms with Crippen LogP contribution in [0.3, 0.4) is 0 Å². The summed E-state index contributed by atoms with van der Waals surface area (Å²) in [6.07, 6.45) is 6.51. The molecule has 2 aliphatic rings. The van der Waals surface area contributed by atoms with Gasteiger partial charge in [0.2, 0.25) is 5.91 Å². The molecule has 1 aromatic carbocycles. The van der Waals surface area contributed by atoms with Gasteiger partial charge in [0.1, 0.15) is 11.6 Å². The van der Waals surface area contributed by atoms with Crippen molar-refractivity contribution in [1.82, 2.24) is 20.1 Å². The van der Waals surface area contributed by atoms with Gasteiger partial charge in [0.05, 0.1) is 18.9 Å². The summed E-state index contributed by atoms with van der Waals surface area (Å²) in [7, 11) is 1.66. The minimum Gasteiger partial charge on any atom is -0.497 e. The van der Waals surface area contributed by atoms with E-state index in [1.54, 1.807) is 7.11 Å². The van der Waals surface area contributed by atoms with Crippen LogP contribution in [0.5, 0.6) is 5.75 Å². The molecule has 7 heteroatoms. The SMILES string of the molecule is C=CCn1c(SCC(=O)NC(c2ccc(OC)cc2)C2CC2)nnc1C1CC1. The molecule has 148 valence electrons. The molecule has 2 aromatic rings. The van der Waals surface area contributed by atoms with E-state index in [0.717, 1.165) is 35.1 Å². The van der Waals surface area contributed by atoms with E-state index in [1.165, 1.54) is 24.6 Å². The number of benzene rings is 1. The molecule has 2 fully saturated rings. The summed E-state index contributed by atoms with van der Waals surface area (Å²) in [5.41, 5.74) is 1.13. The number of hydrogen-bond acceptors (Lipinski definition) is 5. The van der Waals surface area contributed by atoms with E-state index in [4.69, 9.17) is 4.74 Å². The molecule has 0 bridgehead atoms. The van der Waals surface area contributed by atoms with Crippen LogP contribution in [-0.2, 0) is 11.3 Å². The molecule has 0 aliphatic heterocycles. The number of hydrogen-bond donors (Lipinski definition) is 1. The maximum Gasteiger partial charge on any atom is 0.230 e. The van der Waals surface area contributed by atoms with Crippen LogP contribution in [0.15, 0.2) is 42.1 Å². The first-order chi connectivity index (χ1) is 13.7. The zero-order valence-electron chi connectivity index (χ0n) is 16.1. The van der Waals surface area contributed by atoms with Gasteiger partial charge in [0.25, 0.3) is 0 Å². The Hall–Kier alpha value is -2.28. The molecule has 4 rings (SSSR count). The fourth-order valence-electron chi connectivity index (χ4n) is 3.41. The molecule has 0 radical (unpaired) electrons. The van der Waals surface area contributed by atoms with Crippen molar-refractivity contribution in [2.24, 2.45) is 5.92 Å². The van der Waals surface area contributed by atoms with E-state index in [2.05, 4.69) is 26.7 Å². The highest BCUT2D eigenvalue weighted by Crippen LogP contribution is 2.42. The molecule has 0 saturated heterocycles. The molecule has 1 amide bonds. The number of ether oxygens (including phenoxy) is 1. The summed E-state index contributed by atoms with van der Waals surface area (Å²) in [5, 5.41) is 12.7. The van der Waals surface area contributed by atoms with Crippen molar-refractivity contribution in [3.05, 3.63) is 48.3 Å². The summed E-state index contributed by atoms with van der Waals surface area (Å²) in [6.45, 7) is 4.51. The number of methoxy groups -OCH3 is 1. The van der Waals surface area contributed by atoms with Gasteiger partial charge in [-0.2, -0.15) is 0 Å². The highest BCUT2D eigenvalue weighted by molar-refractivity contribution is 7.99. The Kier molecular flexibility index (Phi) is 5.71. The molecule has 1 N–H and O–H groups in total. The Morgan fingerprint density at radius 2 is 2.07 bits per heavy atom. The first-order valence-electron chi connectivity index (χ1n) is 9.79. The molecule has 6 nitrogen and oxygen atoms in total. The standard InChI is InChI=1S/C21H26N4O2S/c1-3-12-25-20(16-6-7-16)23-24-21(25)28-13-18(26)22-19(14-4-5-14)15-8-10-17(27-2)11-9-15/h3,8-11,14,16,19H,1,4-7,12-13H2,2H3,(H,22,26). The highest BCUT2D eigenvalue weighted by atomic mass is 32.2. The molecular formula is C21H26N4O2S. The first-order valence-corrected chi connectivity index (χ1v) is 10.8. The maximum absolute atomic E-state index is 12.6. The average Bonchev–Trinajstić information content (AvgIpc) is 3.64. The summed E-state index contributed by atoms with van der Waals surface area (Å²) in [6, 6.07) is 8.04. The summed E-state index contributed by atoms with van der Waals surface area (Å²) in [4.78, 5) is 12.6. The zero-order chi connectivity index (χ0) is 19.5. The van der Waals surface area contributed by atoms with E-state index in [-0.39, 0.29) is 11.9 Å². The molecule has 28 heavy (non-hydrogen) atoms. The van der Waals surface area contributed by atoms with Crippen LogP contribution in [0.2, 0.25) is 0 Å². The van der Waals surface area contributed by atoms with Gasteiger partial charge in [-0.05, 0) is 49.3 Å². The van der Waals surface area contributed by atoms with Crippen LogP contribution in [0.25, 0.3) is 0 Å². The Balaban J connectivity index is 1.38. The number of carbonyl (C=O) groups excluding carboxylic acids is 1. The number of nitrogens with zero attached hydrogens (tertiary/aromatic N) is 3. The number of allylic oxidation sites excluding steroid dienone is 1. The number of rotatable bonds is 10. The van der Waals surface area contributed by atoms with Crippen LogP contribution >= 0.6 is 11.8 Å². The van der Waals surface area contributed by atoms with Crippen LogP contribution < -0.4 is 10.1 Å². The van der Waals surface area contributed by atoms with Gasteiger partial charge in [-0.3, -0.25) is 4.79 Å². The minimum atomic E-state index is 0.0267. The summed E-state index contributed by atoms with van der Waals surface area (Å²) < 4.78 is 7.32. The van der Waals surface area contributed by atoms with Crippen molar-refractivity contribution < 1.29 is 9.53 Å². The van der Waals surface area contributed by atoms with Crippen LogP contribution in [-0.4, -0.2) is 33.5 Å². The van der Waals surface area contributed by atoms with Gasteiger partial charge in [0.15, 0.2) is 5.16 Å². The monoisotopic (exact) mass is 398 g/mol. The number of carbonyl (C=O) groups is 1. The Morgan fingerprint density at radius 1 is 1.32 bits per heavy atom. The predicted molar refractivity (Wildman–Crippen MR) is 110 cm³/mol. The second-order valence-electron chi connectivity index (χ2n) is 7.46. The summed E-state index contributed by atoms with van der Waals surface area (Å²) in [5.74, 6) is 3.25. The molecule has 1 heterocycles. The Labute approximate surface area is 169 Å². The maximum atomic E-state index is 12.6. The molecule has 1 aromatic heterocycles. The topological polar surface area (TPSA) is 69.0 Å². The second-order valence-corrected chi connectivity index (χ2v) is 8.40. The van der Waals surface area contributed by atoms with E-state index in [9.17, 15) is 4.79 Å². The first kappa shape index (κ1) is 19.1. The number of thioether (sulfide) groups is 1. The lowest BCUT2D eigenvalue weighted by Crippen LogP contribution is -2.31. The number of amides is 1. The third-order valence-corrected chi connectivity index (χ3v) is 6.18. The lowest BCUT2D eigenvalue weighted by Gasteiger charge is -2.19. The van der Waals surface area contributed by atoms with Gasteiger partial charge >= 0.3 is 0 Å². The molecule has 0 spiro atoms. The van der Waals surface area contributed by atoms with E-state index < -0.39 is 0 Å². The van der Waals surface area contributed by atoms with Crippen molar-refractivity contribution in [2.45, 2.75) is 49.3 Å². The largest absolute Gasteiger partial charge is 0.497 e. The lowest BCUT2D eigenvalue weighted by atomic mass is 10.0. The quantitative estimate of drug-likeness (QED) is 0.488. The highest BCUT2D eigenvalue weighted by Gasteiger charge is 2.34. The third kappa shape index (κ3) is 4.41. The third-order valence-electron chi connectivity index (χ3n) is 5.22.